The predicted octanol–water partition coefficient (Wildman–Crippen LogP) is 2.22. The molecule has 1 saturated heterocycles. The van der Waals surface area contributed by atoms with Crippen LogP contribution in [0, 0.1) is 5.92 Å². The van der Waals surface area contributed by atoms with Crippen molar-refractivity contribution in [2.24, 2.45) is 5.92 Å². The van der Waals surface area contributed by atoms with Crippen molar-refractivity contribution < 1.29 is 24.0 Å². The Bertz CT molecular complexity index is 1370. The number of hydrogen-bond donors (Lipinski definition) is 4. The third-order valence-electron chi connectivity index (χ3n) is 7.32. The van der Waals surface area contributed by atoms with Crippen molar-refractivity contribution in [2.45, 2.75) is 50.6 Å². The van der Waals surface area contributed by atoms with Gasteiger partial charge in [-0.15, -0.1) is 0 Å². The SMILES string of the molecule is O=CCCC(CC1CCNC1=O)NC(=O)CNC(=O)C(Cc1cccc2ccccc12)NC(=O)Cc1ccccc1. The van der Waals surface area contributed by atoms with E-state index < -0.39 is 17.9 Å². The Morgan fingerprint density at radius 1 is 0.927 bits per heavy atom. The Balaban J connectivity index is 1.41. The Kier molecular flexibility index (Phi) is 10.6. The van der Waals surface area contributed by atoms with Crippen LogP contribution in [0.2, 0.25) is 0 Å². The monoisotopic (exact) mass is 556 g/mol. The number of aldehydes is 1. The van der Waals surface area contributed by atoms with Crippen molar-refractivity contribution in [3.8, 4) is 0 Å². The lowest BCUT2D eigenvalue weighted by Gasteiger charge is -2.22. The molecule has 0 bridgehead atoms. The van der Waals surface area contributed by atoms with E-state index in [4.69, 9.17) is 0 Å². The van der Waals surface area contributed by atoms with Gasteiger partial charge in [-0.25, -0.2) is 0 Å². The molecule has 41 heavy (non-hydrogen) atoms. The topological polar surface area (TPSA) is 133 Å². The van der Waals surface area contributed by atoms with Gasteiger partial charge in [0.2, 0.25) is 23.6 Å². The first-order chi connectivity index (χ1) is 19.9. The van der Waals surface area contributed by atoms with Crippen LogP contribution in [0.25, 0.3) is 10.8 Å². The lowest BCUT2D eigenvalue weighted by atomic mass is 9.95. The Morgan fingerprint density at radius 3 is 2.44 bits per heavy atom. The summed E-state index contributed by atoms with van der Waals surface area (Å²) in [5.41, 5.74) is 1.72. The van der Waals surface area contributed by atoms with Gasteiger partial charge in [-0.1, -0.05) is 72.8 Å². The fourth-order valence-electron chi connectivity index (χ4n) is 5.23. The third kappa shape index (κ3) is 8.73. The summed E-state index contributed by atoms with van der Waals surface area (Å²) < 4.78 is 0. The average Bonchev–Trinajstić information content (AvgIpc) is 3.38. The zero-order valence-electron chi connectivity index (χ0n) is 22.9. The quantitative estimate of drug-likeness (QED) is 0.226. The first-order valence-corrected chi connectivity index (χ1v) is 14.0. The van der Waals surface area contributed by atoms with Crippen LogP contribution < -0.4 is 21.3 Å². The molecule has 4 rings (SSSR count). The number of carbonyl (C=O) groups excluding carboxylic acids is 5. The normalized spacial score (nSPS) is 15.9. The molecule has 1 fully saturated rings. The van der Waals surface area contributed by atoms with Crippen LogP contribution in [0.15, 0.2) is 72.8 Å². The van der Waals surface area contributed by atoms with E-state index in [-0.39, 0.29) is 49.6 Å². The van der Waals surface area contributed by atoms with Crippen LogP contribution in [0.4, 0.5) is 0 Å². The van der Waals surface area contributed by atoms with E-state index >= 15 is 0 Å². The summed E-state index contributed by atoms with van der Waals surface area (Å²) in [6, 6.07) is 21.7. The molecule has 3 unspecified atom stereocenters. The summed E-state index contributed by atoms with van der Waals surface area (Å²) in [7, 11) is 0. The van der Waals surface area contributed by atoms with E-state index in [2.05, 4.69) is 21.3 Å². The Labute approximate surface area is 239 Å². The van der Waals surface area contributed by atoms with Crippen LogP contribution in [-0.4, -0.2) is 55.1 Å². The number of benzene rings is 3. The highest BCUT2D eigenvalue weighted by Gasteiger charge is 2.28. The van der Waals surface area contributed by atoms with Gasteiger partial charge in [-0.05, 0) is 41.2 Å². The van der Waals surface area contributed by atoms with Gasteiger partial charge >= 0.3 is 0 Å². The second-order valence-electron chi connectivity index (χ2n) is 10.4. The first-order valence-electron chi connectivity index (χ1n) is 14.0. The van der Waals surface area contributed by atoms with E-state index in [1.54, 1.807) is 0 Å². The van der Waals surface area contributed by atoms with Gasteiger partial charge < -0.3 is 26.1 Å². The van der Waals surface area contributed by atoms with Gasteiger partial charge in [0.25, 0.3) is 0 Å². The molecule has 1 aliphatic heterocycles. The smallest absolute Gasteiger partial charge is 0.243 e. The molecule has 0 saturated carbocycles. The minimum atomic E-state index is -0.905. The third-order valence-corrected chi connectivity index (χ3v) is 7.32. The molecule has 0 aromatic heterocycles. The molecule has 214 valence electrons. The van der Waals surface area contributed by atoms with Crippen molar-refractivity contribution in [1.29, 1.82) is 0 Å². The molecular formula is C32H36N4O5. The second-order valence-corrected chi connectivity index (χ2v) is 10.4. The van der Waals surface area contributed by atoms with Crippen LogP contribution in [-0.2, 0) is 36.8 Å². The molecule has 1 heterocycles. The van der Waals surface area contributed by atoms with E-state index in [1.807, 2.05) is 72.8 Å². The van der Waals surface area contributed by atoms with Crippen LogP contribution in [0.3, 0.4) is 0 Å². The molecule has 3 aromatic carbocycles. The van der Waals surface area contributed by atoms with Gasteiger partial charge in [0.05, 0.1) is 13.0 Å². The molecule has 3 aromatic rings. The number of amides is 4. The van der Waals surface area contributed by atoms with Crippen LogP contribution >= 0.6 is 0 Å². The van der Waals surface area contributed by atoms with E-state index in [0.717, 1.165) is 28.2 Å². The number of hydrogen-bond acceptors (Lipinski definition) is 5. The maximum Gasteiger partial charge on any atom is 0.243 e. The van der Waals surface area contributed by atoms with E-state index in [0.29, 0.717) is 25.8 Å². The van der Waals surface area contributed by atoms with Crippen molar-refractivity contribution in [3.63, 3.8) is 0 Å². The molecular weight excluding hydrogens is 520 g/mol. The standard InChI is InChI=1S/C32H36N4O5/c37-17-7-13-26(19-25-15-16-33-31(25)40)35-30(39)21-34-32(41)28(36-29(38)18-22-8-2-1-3-9-22)20-24-12-6-11-23-10-4-5-14-27(23)24/h1-6,8-12,14,17,25-26,28H,7,13,15-16,18-21H2,(H,33,40)(H,34,41)(H,35,39)(H,36,38). The summed E-state index contributed by atoms with van der Waals surface area (Å²) in [4.78, 5) is 62.0. The van der Waals surface area contributed by atoms with Crippen molar-refractivity contribution >= 4 is 40.7 Å². The first kappa shape index (κ1) is 29.5. The molecule has 4 amide bonds. The zero-order chi connectivity index (χ0) is 29.0. The van der Waals surface area contributed by atoms with E-state index in [9.17, 15) is 24.0 Å². The minimum Gasteiger partial charge on any atom is -0.356 e. The molecule has 0 spiro atoms. The molecule has 9 heteroatoms. The van der Waals surface area contributed by atoms with Gasteiger partial charge in [-0.2, -0.15) is 0 Å². The number of carbonyl (C=O) groups is 5. The fraction of sp³-hybridized carbons (Fsp3) is 0.344. The summed E-state index contributed by atoms with van der Waals surface area (Å²) in [5, 5.41) is 13.2. The molecule has 3 atom stereocenters. The molecule has 4 N–H and O–H groups in total. The molecule has 0 radical (unpaired) electrons. The lowest BCUT2D eigenvalue weighted by Crippen LogP contribution is -2.51. The average molecular weight is 557 g/mol. The van der Waals surface area contributed by atoms with Gasteiger partial charge in [-0.3, -0.25) is 19.2 Å². The maximum atomic E-state index is 13.4. The molecule has 9 nitrogen and oxygen atoms in total. The number of fused-ring (bicyclic) bond motifs is 1. The Morgan fingerprint density at radius 2 is 1.68 bits per heavy atom. The predicted molar refractivity (Wildman–Crippen MR) is 156 cm³/mol. The van der Waals surface area contributed by atoms with Crippen molar-refractivity contribution in [2.75, 3.05) is 13.1 Å². The Hall–Kier alpha value is -4.53. The van der Waals surface area contributed by atoms with Crippen molar-refractivity contribution in [3.05, 3.63) is 83.9 Å². The summed E-state index contributed by atoms with van der Waals surface area (Å²) in [5.74, 6) is -1.47. The summed E-state index contributed by atoms with van der Waals surface area (Å²) in [6.07, 6.45) is 2.92. The molecule has 1 aliphatic rings. The maximum absolute atomic E-state index is 13.4. The zero-order valence-corrected chi connectivity index (χ0v) is 22.9. The van der Waals surface area contributed by atoms with E-state index in [1.165, 1.54) is 0 Å². The summed E-state index contributed by atoms with van der Waals surface area (Å²) in [6.45, 7) is 0.301. The van der Waals surface area contributed by atoms with Gasteiger partial charge in [0, 0.05) is 31.3 Å². The fourth-order valence-corrected chi connectivity index (χ4v) is 5.23. The highest BCUT2D eigenvalue weighted by molar-refractivity contribution is 5.92. The van der Waals surface area contributed by atoms with Gasteiger partial charge in [0.1, 0.15) is 12.3 Å². The van der Waals surface area contributed by atoms with Crippen LogP contribution in [0.5, 0.6) is 0 Å². The minimum absolute atomic E-state index is 0.0498. The number of nitrogens with one attached hydrogen (secondary N) is 4. The van der Waals surface area contributed by atoms with Crippen molar-refractivity contribution in [1.82, 2.24) is 21.3 Å². The highest BCUT2D eigenvalue weighted by atomic mass is 16.2. The van der Waals surface area contributed by atoms with Gasteiger partial charge in [0.15, 0.2) is 0 Å². The van der Waals surface area contributed by atoms with Crippen LogP contribution in [0.1, 0.15) is 36.8 Å². The highest BCUT2D eigenvalue weighted by Crippen LogP contribution is 2.20. The number of rotatable bonds is 14. The largest absolute Gasteiger partial charge is 0.356 e. The summed E-state index contributed by atoms with van der Waals surface area (Å²) >= 11 is 0. The lowest BCUT2D eigenvalue weighted by molar-refractivity contribution is -0.130. The molecule has 0 aliphatic carbocycles. The second kappa shape index (κ2) is 14.7.